The number of pyridine rings is 1. The number of fused-ring (bicyclic) bond motifs is 6. The van der Waals surface area contributed by atoms with Crippen LogP contribution in [0.5, 0.6) is 0 Å². The number of hydrogen-bond acceptors (Lipinski definition) is 6. The number of rotatable bonds is 6. The predicted molar refractivity (Wildman–Crippen MR) is 166 cm³/mol. The van der Waals surface area contributed by atoms with Gasteiger partial charge < -0.3 is 4.74 Å². The summed E-state index contributed by atoms with van der Waals surface area (Å²) in [5.74, 6) is -0.791. The van der Waals surface area contributed by atoms with Gasteiger partial charge in [0.1, 0.15) is 0 Å². The number of Topliss-reactive ketones (excluding diaryl/α,β-unsaturated/α-hetero) is 1. The second-order valence-electron chi connectivity index (χ2n) is 11.9. The molecule has 1 saturated heterocycles. The number of carbonyl (C=O) groups is 4. The van der Waals surface area contributed by atoms with E-state index >= 15 is 0 Å². The summed E-state index contributed by atoms with van der Waals surface area (Å²) in [6.45, 7) is 3.48. The van der Waals surface area contributed by atoms with E-state index < -0.39 is 12.1 Å². The topological polar surface area (TPSA) is 93.6 Å². The van der Waals surface area contributed by atoms with Crippen molar-refractivity contribution in [3.05, 3.63) is 94.0 Å². The molecule has 5 unspecified atom stereocenters. The van der Waals surface area contributed by atoms with Gasteiger partial charge in [-0.1, -0.05) is 58.4 Å². The highest BCUT2D eigenvalue weighted by Gasteiger charge is 2.61. The zero-order valence-electron chi connectivity index (χ0n) is 23.7. The molecule has 0 spiro atoms. The normalized spacial score (nSPS) is 23.1. The molecule has 7 rings (SSSR count). The van der Waals surface area contributed by atoms with Crippen LogP contribution in [0, 0.1) is 30.6 Å². The zero-order valence-corrected chi connectivity index (χ0v) is 25.3. The number of carbonyl (C=O) groups excluding carboxylic acids is 4. The number of aryl methyl sites for hydroxylation is 1. The number of nitrogens with zero attached hydrogens (tertiary/aromatic N) is 2. The lowest BCUT2D eigenvalue weighted by Gasteiger charge is -2.19. The van der Waals surface area contributed by atoms with Crippen molar-refractivity contribution >= 4 is 56.1 Å². The lowest BCUT2D eigenvalue weighted by Crippen LogP contribution is -2.32. The number of aromatic nitrogens is 1. The third kappa shape index (κ3) is 4.59. The number of benzene rings is 3. The molecule has 0 radical (unpaired) electrons. The first-order chi connectivity index (χ1) is 20.7. The molecular formula is C35H29BrN2O5. The maximum atomic E-state index is 13.6. The maximum Gasteiger partial charge on any atom is 0.339 e. The molecule has 3 aliphatic rings. The van der Waals surface area contributed by atoms with Gasteiger partial charge in [-0.2, -0.15) is 0 Å². The monoisotopic (exact) mass is 636 g/mol. The summed E-state index contributed by atoms with van der Waals surface area (Å²) in [4.78, 5) is 59.4. The Kier molecular flexibility index (Phi) is 6.77. The predicted octanol–water partition coefficient (Wildman–Crippen LogP) is 6.94. The summed E-state index contributed by atoms with van der Waals surface area (Å²) in [6.07, 6.45) is 2.07. The molecule has 3 fully saturated rings. The van der Waals surface area contributed by atoms with Crippen molar-refractivity contribution in [3.63, 3.8) is 0 Å². The number of imide groups is 1. The minimum absolute atomic E-state index is 0.0795. The molecule has 2 saturated carbocycles. The van der Waals surface area contributed by atoms with Gasteiger partial charge in [0.05, 0.1) is 34.3 Å². The van der Waals surface area contributed by atoms with E-state index in [-0.39, 0.29) is 35.0 Å². The van der Waals surface area contributed by atoms with Crippen LogP contribution >= 0.6 is 15.9 Å². The smallest absolute Gasteiger partial charge is 0.339 e. The highest BCUT2D eigenvalue weighted by molar-refractivity contribution is 9.10. The van der Waals surface area contributed by atoms with Crippen LogP contribution in [0.1, 0.15) is 52.5 Å². The summed E-state index contributed by atoms with van der Waals surface area (Å²) < 4.78 is 6.48. The van der Waals surface area contributed by atoms with Crippen molar-refractivity contribution in [1.82, 2.24) is 4.98 Å². The van der Waals surface area contributed by atoms with Gasteiger partial charge >= 0.3 is 5.97 Å². The molecule has 4 aromatic rings. The van der Waals surface area contributed by atoms with Crippen LogP contribution in [0.25, 0.3) is 22.2 Å². The molecule has 2 bridgehead atoms. The van der Waals surface area contributed by atoms with Crippen molar-refractivity contribution in [3.8, 4) is 11.3 Å². The van der Waals surface area contributed by atoms with Gasteiger partial charge in [-0.3, -0.25) is 19.3 Å². The van der Waals surface area contributed by atoms with Gasteiger partial charge in [-0.15, -0.1) is 0 Å². The van der Waals surface area contributed by atoms with E-state index in [9.17, 15) is 19.2 Å². The lowest BCUT2D eigenvalue weighted by atomic mass is 9.81. The van der Waals surface area contributed by atoms with Crippen LogP contribution in [0.2, 0.25) is 0 Å². The van der Waals surface area contributed by atoms with Crippen LogP contribution in [0.3, 0.4) is 0 Å². The highest BCUT2D eigenvalue weighted by atomic mass is 79.9. The first-order valence-electron chi connectivity index (χ1n) is 14.6. The quantitative estimate of drug-likeness (QED) is 0.129. The average Bonchev–Trinajstić information content (AvgIpc) is 3.70. The molecule has 2 heterocycles. The number of ether oxygens (including phenoxy) is 1. The molecular weight excluding hydrogens is 608 g/mol. The van der Waals surface area contributed by atoms with E-state index in [0.29, 0.717) is 39.7 Å². The van der Waals surface area contributed by atoms with Crippen LogP contribution in [0.4, 0.5) is 5.69 Å². The maximum absolute atomic E-state index is 13.6. The fourth-order valence-electron chi connectivity index (χ4n) is 7.33. The largest absolute Gasteiger partial charge is 0.451 e. The molecule has 1 aliphatic heterocycles. The van der Waals surface area contributed by atoms with Gasteiger partial charge in [0.25, 0.3) is 0 Å². The number of hydrogen-bond donors (Lipinski definition) is 0. The van der Waals surface area contributed by atoms with E-state index in [4.69, 9.17) is 9.72 Å². The van der Waals surface area contributed by atoms with Gasteiger partial charge in [0, 0.05) is 21.0 Å². The molecule has 0 N–H and O–H groups in total. The molecule has 3 aromatic carbocycles. The second kappa shape index (κ2) is 10.5. The minimum atomic E-state index is -0.987. The average molecular weight is 638 g/mol. The summed E-state index contributed by atoms with van der Waals surface area (Å²) in [6, 6.07) is 21.3. The first-order valence-corrected chi connectivity index (χ1v) is 15.4. The van der Waals surface area contributed by atoms with Crippen molar-refractivity contribution < 1.29 is 23.9 Å². The summed E-state index contributed by atoms with van der Waals surface area (Å²) >= 11 is 3.52. The van der Waals surface area contributed by atoms with E-state index in [2.05, 4.69) is 15.9 Å². The lowest BCUT2D eigenvalue weighted by molar-refractivity contribution is -0.123. The third-order valence-electron chi connectivity index (χ3n) is 9.35. The highest BCUT2D eigenvalue weighted by Crippen LogP contribution is 2.56. The van der Waals surface area contributed by atoms with Crippen LogP contribution in [-0.2, 0) is 14.3 Å². The fraction of sp³-hybridized carbons (Fsp3) is 0.286. The van der Waals surface area contributed by atoms with Crippen LogP contribution < -0.4 is 4.90 Å². The van der Waals surface area contributed by atoms with E-state index in [1.165, 1.54) is 4.90 Å². The van der Waals surface area contributed by atoms with Crippen molar-refractivity contribution in [2.45, 2.75) is 39.2 Å². The Morgan fingerprint density at radius 1 is 0.930 bits per heavy atom. The Morgan fingerprint density at radius 3 is 2.23 bits per heavy atom. The van der Waals surface area contributed by atoms with Gasteiger partial charge in [-0.25, -0.2) is 9.78 Å². The summed E-state index contributed by atoms with van der Waals surface area (Å²) in [5, 5.41) is 0.603. The molecule has 43 heavy (non-hydrogen) atoms. The Morgan fingerprint density at radius 2 is 1.58 bits per heavy atom. The number of amides is 2. The number of halogens is 1. The second-order valence-corrected chi connectivity index (χ2v) is 12.8. The minimum Gasteiger partial charge on any atom is -0.451 e. The van der Waals surface area contributed by atoms with E-state index in [1.54, 1.807) is 49.4 Å². The standard InChI is InChI=1S/C35H29BrN2O5/c1-18-14-24(36)16-26-27(35(42)43-19(2)32(39)21-6-4-3-5-7-21)17-28(37-31(18)26)20-10-12-25(13-11-20)38-33(40)29-22-8-9-23(15-22)30(29)34(38)41/h3-7,10-14,16-17,19,22-23,29-30H,8-9,15H2,1-2H3. The molecule has 7 nitrogen and oxygen atoms in total. The molecule has 2 amide bonds. The molecule has 1 aromatic heterocycles. The van der Waals surface area contributed by atoms with Crippen molar-refractivity contribution in [1.29, 1.82) is 0 Å². The van der Waals surface area contributed by atoms with Gasteiger partial charge in [0.15, 0.2) is 6.10 Å². The van der Waals surface area contributed by atoms with Crippen LogP contribution in [0.15, 0.2) is 77.3 Å². The number of ketones is 1. The van der Waals surface area contributed by atoms with Gasteiger partial charge in [0.2, 0.25) is 17.6 Å². The Hall–Kier alpha value is -4.17. The summed E-state index contributed by atoms with van der Waals surface area (Å²) in [7, 11) is 0. The molecule has 216 valence electrons. The van der Waals surface area contributed by atoms with Crippen LogP contribution in [-0.4, -0.2) is 34.7 Å². The van der Waals surface area contributed by atoms with E-state index in [0.717, 1.165) is 34.9 Å². The van der Waals surface area contributed by atoms with Crippen molar-refractivity contribution in [2.75, 3.05) is 4.90 Å². The Bertz CT molecular complexity index is 1790. The molecule has 5 atom stereocenters. The Labute approximate surface area is 257 Å². The third-order valence-corrected chi connectivity index (χ3v) is 9.81. The molecule has 8 heteroatoms. The molecule has 2 aliphatic carbocycles. The van der Waals surface area contributed by atoms with Gasteiger partial charge in [-0.05, 0) is 80.8 Å². The Balaban J connectivity index is 1.21. The first kappa shape index (κ1) is 27.7. The van der Waals surface area contributed by atoms with E-state index in [1.807, 2.05) is 37.3 Å². The fourth-order valence-corrected chi connectivity index (χ4v) is 7.90. The summed E-state index contributed by atoms with van der Waals surface area (Å²) in [5.41, 5.74) is 4.05. The number of esters is 1. The SMILES string of the molecule is Cc1cc(Br)cc2c(C(=O)OC(C)C(=O)c3ccccc3)cc(-c3ccc(N4C(=O)C5C6CCC(C6)C5C4=O)cc3)nc12. The van der Waals surface area contributed by atoms with Crippen molar-refractivity contribution in [2.24, 2.45) is 23.7 Å². The number of anilines is 1. The zero-order chi connectivity index (χ0) is 30.0.